The van der Waals surface area contributed by atoms with Crippen molar-refractivity contribution in [3.05, 3.63) is 60.2 Å². The molecule has 1 saturated carbocycles. The Morgan fingerprint density at radius 2 is 2.03 bits per heavy atom. The highest BCUT2D eigenvalue weighted by Gasteiger charge is 2.33. The summed E-state index contributed by atoms with van der Waals surface area (Å²) in [5, 5.41) is 12.9. The van der Waals surface area contributed by atoms with Crippen molar-refractivity contribution in [3.8, 4) is 0 Å². The summed E-state index contributed by atoms with van der Waals surface area (Å²) in [6.45, 7) is 0. The standard InChI is InChI=1S/C26H32O4S2/c1-30-25(29)18-31-15-4-16-32-26-21(11-14-24(26)28)10-13-23(27)12-8-19-7-9-20-5-2-3-6-22(20)17-19/h2-3,5-7,9-10,13,17,21,23,26-27H,4,8,11-12,14-16,18H2,1H3/t21-,23-,26-/m1/s1. The lowest BCUT2D eigenvalue weighted by atomic mass is 10.0. The van der Waals surface area contributed by atoms with E-state index in [-0.39, 0.29) is 17.1 Å². The van der Waals surface area contributed by atoms with Crippen LogP contribution in [-0.2, 0) is 20.7 Å². The van der Waals surface area contributed by atoms with Gasteiger partial charge in [-0.25, -0.2) is 0 Å². The minimum Gasteiger partial charge on any atom is -0.468 e. The third-order valence-electron chi connectivity index (χ3n) is 5.73. The fourth-order valence-corrected chi connectivity index (χ4v) is 6.22. The van der Waals surface area contributed by atoms with Gasteiger partial charge in [0.2, 0.25) is 0 Å². The predicted molar refractivity (Wildman–Crippen MR) is 135 cm³/mol. The number of aliphatic hydroxyl groups excluding tert-OH is 1. The van der Waals surface area contributed by atoms with Gasteiger partial charge in [-0.15, -0.1) is 11.8 Å². The predicted octanol–water partition coefficient (Wildman–Crippen LogP) is 5.07. The van der Waals surface area contributed by atoms with Crippen LogP contribution in [0.25, 0.3) is 10.8 Å². The van der Waals surface area contributed by atoms with E-state index in [0.29, 0.717) is 24.4 Å². The van der Waals surface area contributed by atoms with Gasteiger partial charge in [0.05, 0.1) is 24.2 Å². The van der Waals surface area contributed by atoms with Gasteiger partial charge in [0, 0.05) is 6.42 Å². The molecule has 1 aliphatic rings. The largest absolute Gasteiger partial charge is 0.468 e. The number of carbonyl (C=O) groups is 2. The highest BCUT2D eigenvalue weighted by atomic mass is 32.2. The number of ketones is 1. The molecular formula is C26H32O4S2. The van der Waals surface area contributed by atoms with Gasteiger partial charge in [-0.1, -0.05) is 54.6 Å². The number of ether oxygens (including phenoxy) is 1. The van der Waals surface area contributed by atoms with Crippen molar-refractivity contribution in [1.29, 1.82) is 0 Å². The van der Waals surface area contributed by atoms with Gasteiger partial charge < -0.3 is 9.84 Å². The lowest BCUT2D eigenvalue weighted by molar-refractivity contribution is -0.137. The number of Topliss-reactive ketones (excluding diaryl/α,β-unsaturated/α-hetero) is 1. The van der Waals surface area contributed by atoms with E-state index in [0.717, 1.165) is 30.8 Å². The van der Waals surface area contributed by atoms with E-state index < -0.39 is 6.10 Å². The first-order valence-corrected chi connectivity index (χ1v) is 13.4. The van der Waals surface area contributed by atoms with Crippen LogP contribution in [0.2, 0.25) is 0 Å². The summed E-state index contributed by atoms with van der Waals surface area (Å²) < 4.78 is 4.63. The summed E-state index contributed by atoms with van der Waals surface area (Å²) in [6.07, 6.45) is 7.37. The molecule has 0 unspecified atom stereocenters. The number of carbonyl (C=O) groups excluding carboxylic acids is 2. The molecule has 0 heterocycles. The minimum atomic E-state index is -0.502. The summed E-state index contributed by atoms with van der Waals surface area (Å²) in [6, 6.07) is 14.8. The number of rotatable bonds is 12. The molecule has 0 aliphatic heterocycles. The van der Waals surface area contributed by atoms with Gasteiger partial charge in [-0.05, 0) is 59.4 Å². The maximum atomic E-state index is 12.3. The zero-order chi connectivity index (χ0) is 22.8. The Kier molecular flexibility index (Phi) is 10.2. The van der Waals surface area contributed by atoms with Crippen molar-refractivity contribution >= 4 is 46.0 Å². The summed E-state index contributed by atoms with van der Waals surface area (Å²) in [7, 11) is 1.40. The molecule has 0 spiro atoms. The molecule has 2 aromatic rings. The Hall–Kier alpha value is -1.76. The number of allylic oxidation sites excluding steroid dienone is 1. The topological polar surface area (TPSA) is 63.6 Å². The summed E-state index contributed by atoms with van der Waals surface area (Å²) in [4.78, 5) is 23.4. The molecule has 4 nitrogen and oxygen atoms in total. The van der Waals surface area contributed by atoms with Crippen LogP contribution >= 0.6 is 23.5 Å². The van der Waals surface area contributed by atoms with Gasteiger partial charge in [-0.2, -0.15) is 11.8 Å². The summed E-state index contributed by atoms with van der Waals surface area (Å²) in [5.74, 6) is 2.49. The number of methoxy groups -OCH3 is 1. The molecule has 0 saturated heterocycles. The monoisotopic (exact) mass is 472 g/mol. The van der Waals surface area contributed by atoms with E-state index in [1.54, 1.807) is 23.5 Å². The Morgan fingerprint density at radius 1 is 1.22 bits per heavy atom. The molecule has 0 radical (unpaired) electrons. The number of fused-ring (bicyclic) bond motifs is 1. The Balaban J connectivity index is 1.41. The van der Waals surface area contributed by atoms with E-state index in [2.05, 4.69) is 41.1 Å². The molecule has 3 rings (SSSR count). The first kappa shape index (κ1) is 24.9. The number of aryl methyl sites for hydroxylation is 1. The van der Waals surface area contributed by atoms with Crippen molar-refractivity contribution in [2.45, 2.75) is 43.5 Å². The van der Waals surface area contributed by atoms with Crippen LogP contribution < -0.4 is 0 Å². The fourth-order valence-electron chi connectivity index (χ4n) is 3.92. The first-order chi connectivity index (χ1) is 15.6. The fraction of sp³-hybridized carbons (Fsp3) is 0.462. The van der Waals surface area contributed by atoms with Crippen LogP contribution in [-0.4, -0.2) is 52.6 Å². The van der Waals surface area contributed by atoms with Crippen molar-refractivity contribution < 1.29 is 19.4 Å². The minimum absolute atomic E-state index is 0.00968. The number of benzene rings is 2. The molecule has 1 fully saturated rings. The van der Waals surface area contributed by atoms with E-state index in [4.69, 9.17) is 0 Å². The van der Waals surface area contributed by atoms with Crippen molar-refractivity contribution in [2.24, 2.45) is 5.92 Å². The van der Waals surface area contributed by atoms with Gasteiger partial charge >= 0.3 is 5.97 Å². The van der Waals surface area contributed by atoms with Crippen LogP contribution in [0.15, 0.2) is 54.6 Å². The van der Waals surface area contributed by atoms with Crippen LogP contribution in [0.5, 0.6) is 0 Å². The quantitative estimate of drug-likeness (QED) is 0.264. The maximum Gasteiger partial charge on any atom is 0.315 e. The van der Waals surface area contributed by atoms with E-state index in [1.807, 2.05) is 18.2 Å². The maximum absolute atomic E-state index is 12.3. The second-order valence-corrected chi connectivity index (χ2v) is 10.5. The van der Waals surface area contributed by atoms with Crippen LogP contribution in [0.1, 0.15) is 31.2 Å². The van der Waals surface area contributed by atoms with Gasteiger partial charge in [-0.3, -0.25) is 9.59 Å². The molecule has 3 atom stereocenters. The van der Waals surface area contributed by atoms with E-state index in [9.17, 15) is 14.7 Å². The number of thioether (sulfide) groups is 2. The Labute approximate surface area is 199 Å². The van der Waals surface area contributed by atoms with Crippen LogP contribution in [0.3, 0.4) is 0 Å². The molecule has 6 heteroatoms. The number of aliphatic hydroxyl groups is 1. The van der Waals surface area contributed by atoms with Gasteiger partial charge in [0.15, 0.2) is 0 Å². The SMILES string of the molecule is COC(=O)CSCCCS[C@H]1C(=O)CC[C@H]1C=C[C@H](O)CCc1ccc2ccccc2c1. The number of hydrogen-bond donors (Lipinski definition) is 1. The molecule has 0 amide bonds. The van der Waals surface area contributed by atoms with Crippen LogP contribution in [0, 0.1) is 5.92 Å². The van der Waals surface area contributed by atoms with E-state index in [1.165, 1.54) is 23.4 Å². The van der Waals surface area contributed by atoms with Crippen molar-refractivity contribution in [3.63, 3.8) is 0 Å². The number of hydrogen-bond acceptors (Lipinski definition) is 6. The Bertz CT molecular complexity index is 927. The molecular weight excluding hydrogens is 440 g/mol. The average molecular weight is 473 g/mol. The number of esters is 1. The lowest BCUT2D eigenvalue weighted by Gasteiger charge is -2.15. The molecule has 0 bridgehead atoms. The van der Waals surface area contributed by atoms with Crippen LogP contribution in [0.4, 0.5) is 0 Å². The zero-order valence-corrected chi connectivity index (χ0v) is 20.2. The molecule has 1 N–H and O–H groups in total. The normalized spacial score (nSPS) is 19.6. The second-order valence-electron chi connectivity index (χ2n) is 8.11. The van der Waals surface area contributed by atoms with Gasteiger partial charge in [0.25, 0.3) is 0 Å². The van der Waals surface area contributed by atoms with E-state index >= 15 is 0 Å². The third kappa shape index (κ3) is 7.68. The lowest BCUT2D eigenvalue weighted by Crippen LogP contribution is -2.17. The van der Waals surface area contributed by atoms with Crippen molar-refractivity contribution in [1.82, 2.24) is 0 Å². The second kappa shape index (κ2) is 13.1. The van der Waals surface area contributed by atoms with Gasteiger partial charge in [0.1, 0.15) is 5.78 Å². The smallest absolute Gasteiger partial charge is 0.315 e. The highest BCUT2D eigenvalue weighted by molar-refractivity contribution is 8.01. The summed E-state index contributed by atoms with van der Waals surface area (Å²) >= 11 is 3.28. The molecule has 0 aromatic heterocycles. The first-order valence-electron chi connectivity index (χ1n) is 11.2. The molecule has 2 aromatic carbocycles. The molecule has 1 aliphatic carbocycles. The highest BCUT2D eigenvalue weighted by Crippen LogP contribution is 2.34. The Morgan fingerprint density at radius 3 is 2.84 bits per heavy atom. The van der Waals surface area contributed by atoms with Crippen molar-refractivity contribution in [2.75, 3.05) is 24.4 Å². The third-order valence-corrected chi connectivity index (χ3v) is 8.24. The summed E-state index contributed by atoms with van der Waals surface area (Å²) in [5.41, 5.74) is 1.23. The molecule has 32 heavy (non-hydrogen) atoms. The average Bonchev–Trinajstić information content (AvgIpc) is 3.17. The molecule has 172 valence electrons. The zero-order valence-electron chi connectivity index (χ0n) is 18.6.